The Kier molecular flexibility index (Phi) is 2.04. The predicted molar refractivity (Wildman–Crippen MR) is 59.6 cm³/mol. The van der Waals surface area contributed by atoms with Gasteiger partial charge in [-0.1, -0.05) is 0 Å². The van der Waals surface area contributed by atoms with Gasteiger partial charge in [-0.05, 0) is 43.4 Å². The zero-order valence-electron chi connectivity index (χ0n) is 8.59. The SMILES string of the molecule is Fc1ccc2c(c1)NC(C1CC1)CCN2. The van der Waals surface area contributed by atoms with Gasteiger partial charge in [0, 0.05) is 12.6 Å². The second-order valence-electron chi connectivity index (χ2n) is 4.49. The monoisotopic (exact) mass is 206 g/mol. The van der Waals surface area contributed by atoms with Gasteiger partial charge in [0.05, 0.1) is 11.4 Å². The van der Waals surface area contributed by atoms with Crippen molar-refractivity contribution in [1.82, 2.24) is 0 Å². The van der Waals surface area contributed by atoms with Crippen molar-refractivity contribution in [2.45, 2.75) is 25.3 Å². The third-order valence-electron chi connectivity index (χ3n) is 3.28. The van der Waals surface area contributed by atoms with Crippen LogP contribution in [0.4, 0.5) is 15.8 Å². The number of hydrogen-bond donors (Lipinski definition) is 2. The summed E-state index contributed by atoms with van der Waals surface area (Å²) in [5, 5.41) is 6.80. The molecule has 1 aromatic carbocycles. The van der Waals surface area contributed by atoms with E-state index in [1.54, 1.807) is 6.07 Å². The van der Waals surface area contributed by atoms with E-state index in [9.17, 15) is 4.39 Å². The third kappa shape index (κ3) is 1.78. The molecule has 1 aliphatic heterocycles. The fourth-order valence-corrected chi connectivity index (χ4v) is 2.28. The summed E-state index contributed by atoms with van der Waals surface area (Å²) < 4.78 is 13.1. The van der Waals surface area contributed by atoms with Gasteiger partial charge in [0.2, 0.25) is 0 Å². The molecular weight excluding hydrogens is 191 g/mol. The molecule has 0 aromatic heterocycles. The van der Waals surface area contributed by atoms with Gasteiger partial charge in [-0.2, -0.15) is 0 Å². The number of halogens is 1. The lowest BCUT2D eigenvalue weighted by Gasteiger charge is -2.16. The largest absolute Gasteiger partial charge is 0.383 e. The summed E-state index contributed by atoms with van der Waals surface area (Å²) in [7, 11) is 0. The van der Waals surface area contributed by atoms with Gasteiger partial charge >= 0.3 is 0 Å². The van der Waals surface area contributed by atoms with Crippen molar-refractivity contribution in [3.63, 3.8) is 0 Å². The number of nitrogens with one attached hydrogen (secondary N) is 2. The number of benzene rings is 1. The molecular formula is C12H15FN2. The quantitative estimate of drug-likeness (QED) is 0.738. The maximum absolute atomic E-state index is 13.1. The fraction of sp³-hybridized carbons (Fsp3) is 0.500. The molecule has 0 bridgehead atoms. The van der Waals surface area contributed by atoms with Crippen LogP contribution < -0.4 is 10.6 Å². The molecule has 1 atom stereocenters. The molecule has 3 rings (SSSR count). The maximum Gasteiger partial charge on any atom is 0.125 e. The van der Waals surface area contributed by atoms with Gasteiger partial charge in [-0.25, -0.2) is 4.39 Å². The first-order valence-corrected chi connectivity index (χ1v) is 5.63. The third-order valence-corrected chi connectivity index (χ3v) is 3.28. The highest BCUT2D eigenvalue weighted by Crippen LogP contribution is 2.38. The molecule has 80 valence electrons. The molecule has 0 amide bonds. The van der Waals surface area contributed by atoms with Crippen molar-refractivity contribution in [3.05, 3.63) is 24.0 Å². The maximum atomic E-state index is 13.1. The molecule has 0 saturated heterocycles. The smallest absolute Gasteiger partial charge is 0.125 e. The Bertz CT molecular complexity index is 374. The van der Waals surface area contributed by atoms with Gasteiger partial charge in [0.1, 0.15) is 5.82 Å². The minimum atomic E-state index is -0.167. The van der Waals surface area contributed by atoms with E-state index in [0.29, 0.717) is 6.04 Å². The molecule has 2 N–H and O–H groups in total. The Morgan fingerprint density at radius 1 is 1.13 bits per heavy atom. The Morgan fingerprint density at radius 3 is 2.80 bits per heavy atom. The molecule has 1 aromatic rings. The lowest BCUT2D eigenvalue weighted by atomic mass is 10.1. The highest BCUT2D eigenvalue weighted by atomic mass is 19.1. The highest BCUT2D eigenvalue weighted by Gasteiger charge is 2.32. The van der Waals surface area contributed by atoms with Gasteiger partial charge in [0.25, 0.3) is 0 Å². The number of fused-ring (bicyclic) bond motifs is 1. The summed E-state index contributed by atoms with van der Waals surface area (Å²) in [6.45, 7) is 0.979. The Hall–Kier alpha value is -1.25. The first-order chi connectivity index (χ1) is 7.33. The van der Waals surface area contributed by atoms with Gasteiger partial charge < -0.3 is 10.6 Å². The minimum Gasteiger partial charge on any atom is -0.383 e. The standard InChI is InChI=1S/C12H15FN2/c13-9-3-4-11-12(7-9)15-10(5-6-14-11)8-1-2-8/h3-4,7-8,10,14-15H,1-2,5-6H2. The van der Waals surface area contributed by atoms with E-state index in [0.717, 1.165) is 30.3 Å². The summed E-state index contributed by atoms with van der Waals surface area (Å²) in [6, 6.07) is 5.43. The van der Waals surface area contributed by atoms with E-state index in [1.165, 1.54) is 18.9 Å². The molecule has 3 heteroatoms. The van der Waals surface area contributed by atoms with Crippen molar-refractivity contribution in [1.29, 1.82) is 0 Å². The van der Waals surface area contributed by atoms with E-state index in [2.05, 4.69) is 10.6 Å². The van der Waals surface area contributed by atoms with Gasteiger partial charge in [-0.15, -0.1) is 0 Å². The van der Waals surface area contributed by atoms with Crippen molar-refractivity contribution in [2.24, 2.45) is 5.92 Å². The number of rotatable bonds is 1. The first-order valence-electron chi connectivity index (χ1n) is 5.63. The average molecular weight is 206 g/mol. The first kappa shape index (κ1) is 9.01. The molecule has 1 unspecified atom stereocenters. The Balaban J connectivity index is 1.89. The summed E-state index contributed by atoms with van der Waals surface area (Å²) in [5.74, 6) is 0.639. The molecule has 1 fully saturated rings. The van der Waals surface area contributed by atoms with Gasteiger partial charge in [-0.3, -0.25) is 0 Å². The Morgan fingerprint density at radius 2 is 2.00 bits per heavy atom. The molecule has 0 radical (unpaired) electrons. The summed E-state index contributed by atoms with van der Waals surface area (Å²) in [6.07, 6.45) is 3.77. The van der Waals surface area contributed by atoms with Crippen LogP contribution in [0.15, 0.2) is 18.2 Å². The topological polar surface area (TPSA) is 24.1 Å². The fourth-order valence-electron chi connectivity index (χ4n) is 2.28. The van der Waals surface area contributed by atoms with Crippen LogP contribution in [0.2, 0.25) is 0 Å². The zero-order chi connectivity index (χ0) is 10.3. The summed E-state index contributed by atoms with van der Waals surface area (Å²) in [4.78, 5) is 0. The van der Waals surface area contributed by atoms with Crippen LogP contribution in [0.25, 0.3) is 0 Å². The molecule has 0 spiro atoms. The summed E-state index contributed by atoms with van der Waals surface area (Å²) in [5.41, 5.74) is 1.95. The van der Waals surface area contributed by atoms with Crippen LogP contribution in [-0.2, 0) is 0 Å². The van der Waals surface area contributed by atoms with Crippen LogP contribution in [0.5, 0.6) is 0 Å². The Labute approximate surface area is 88.9 Å². The second kappa shape index (κ2) is 3.40. The zero-order valence-corrected chi connectivity index (χ0v) is 8.59. The van der Waals surface area contributed by atoms with Crippen LogP contribution in [0.3, 0.4) is 0 Å². The van der Waals surface area contributed by atoms with Crippen molar-refractivity contribution >= 4 is 11.4 Å². The molecule has 1 aliphatic carbocycles. The van der Waals surface area contributed by atoms with E-state index in [1.807, 2.05) is 6.07 Å². The number of anilines is 2. The molecule has 15 heavy (non-hydrogen) atoms. The summed E-state index contributed by atoms with van der Waals surface area (Å²) >= 11 is 0. The second-order valence-corrected chi connectivity index (χ2v) is 4.49. The molecule has 1 saturated carbocycles. The predicted octanol–water partition coefficient (Wildman–Crippen LogP) is 2.83. The van der Waals surface area contributed by atoms with E-state index in [4.69, 9.17) is 0 Å². The normalized spacial score (nSPS) is 24.7. The molecule has 1 heterocycles. The molecule has 2 nitrogen and oxygen atoms in total. The lowest BCUT2D eigenvalue weighted by Crippen LogP contribution is -2.21. The average Bonchev–Trinajstić information content (AvgIpc) is 3.03. The van der Waals surface area contributed by atoms with E-state index >= 15 is 0 Å². The van der Waals surface area contributed by atoms with Crippen LogP contribution >= 0.6 is 0 Å². The van der Waals surface area contributed by atoms with E-state index < -0.39 is 0 Å². The minimum absolute atomic E-state index is 0.167. The number of hydrogen-bond acceptors (Lipinski definition) is 2. The van der Waals surface area contributed by atoms with E-state index in [-0.39, 0.29) is 5.82 Å². The van der Waals surface area contributed by atoms with Crippen LogP contribution in [0.1, 0.15) is 19.3 Å². The van der Waals surface area contributed by atoms with Crippen molar-refractivity contribution in [3.8, 4) is 0 Å². The van der Waals surface area contributed by atoms with Crippen molar-refractivity contribution in [2.75, 3.05) is 17.2 Å². The van der Waals surface area contributed by atoms with Crippen LogP contribution in [-0.4, -0.2) is 12.6 Å². The van der Waals surface area contributed by atoms with Crippen molar-refractivity contribution < 1.29 is 4.39 Å². The molecule has 2 aliphatic rings. The van der Waals surface area contributed by atoms with Crippen LogP contribution in [0, 0.1) is 11.7 Å². The lowest BCUT2D eigenvalue weighted by molar-refractivity contribution is 0.606. The highest BCUT2D eigenvalue weighted by molar-refractivity contribution is 5.70. The van der Waals surface area contributed by atoms with Gasteiger partial charge in [0.15, 0.2) is 0 Å².